The first kappa shape index (κ1) is 13.9. The third-order valence-electron chi connectivity index (χ3n) is 6.44. The van der Waals surface area contributed by atoms with E-state index in [2.05, 4.69) is 13.8 Å². The van der Waals surface area contributed by atoms with E-state index < -0.39 is 11.2 Å². The van der Waals surface area contributed by atoms with Crippen molar-refractivity contribution in [2.24, 2.45) is 17.3 Å². The lowest BCUT2D eigenvalue weighted by Crippen LogP contribution is -2.62. The fourth-order valence-electron chi connectivity index (χ4n) is 5.83. The van der Waals surface area contributed by atoms with Gasteiger partial charge in [-0.15, -0.1) is 0 Å². The topological polar surface area (TPSA) is 40.5 Å². The van der Waals surface area contributed by atoms with Crippen molar-refractivity contribution in [2.75, 3.05) is 0 Å². The summed E-state index contributed by atoms with van der Waals surface area (Å²) in [6.45, 7) is 4.27. The maximum atomic E-state index is 11.1. The van der Waals surface area contributed by atoms with Crippen LogP contribution < -0.4 is 0 Å². The van der Waals surface area contributed by atoms with Crippen LogP contribution in [0.25, 0.3) is 0 Å². The zero-order valence-electron chi connectivity index (χ0n) is 12.6. The molecule has 2 N–H and O–H groups in total. The van der Waals surface area contributed by atoms with Crippen molar-refractivity contribution in [3.63, 3.8) is 0 Å². The van der Waals surface area contributed by atoms with Crippen LogP contribution in [-0.2, 0) is 0 Å². The number of hydrogen-bond acceptors (Lipinski definition) is 2. The zero-order chi connectivity index (χ0) is 13.7. The summed E-state index contributed by atoms with van der Waals surface area (Å²) in [4.78, 5) is 0. The van der Waals surface area contributed by atoms with Gasteiger partial charge < -0.3 is 10.2 Å². The number of rotatable bonds is 5. The molecular formula is C17H30O2. The molecule has 110 valence electrons. The molecular weight excluding hydrogens is 236 g/mol. The summed E-state index contributed by atoms with van der Waals surface area (Å²) in [5.74, 6) is 1.34. The Balaban J connectivity index is 1.79. The van der Waals surface area contributed by atoms with Gasteiger partial charge in [0.15, 0.2) is 0 Å². The Morgan fingerprint density at radius 3 is 2.26 bits per heavy atom. The monoisotopic (exact) mass is 266 g/mol. The summed E-state index contributed by atoms with van der Waals surface area (Å²) >= 11 is 0. The molecule has 4 aliphatic rings. The van der Waals surface area contributed by atoms with Gasteiger partial charge in [-0.1, -0.05) is 26.2 Å². The first-order valence-corrected chi connectivity index (χ1v) is 8.33. The molecule has 0 aromatic heterocycles. The molecule has 0 spiro atoms. The predicted octanol–water partition coefficient (Wildman–Crippen LogP) is 3.65. The minimum absolute atomic E-state index is 0.0135. The van der Waals surface area contributed by atoms with Crippen LogP contribution >= 0.6 is 0 Å². The predicted molar refractivity (Wildman–Crippen MR) is 76.8 cm³/mol. The van der Waals surface area contributed by atoms with E-state index in [9.17, 15) is 10.2 Å². The highest BCUT2D eigenvalue weighted by molar-refractivity contribution is 5.13. The molecule has 4 rings (SSSR count). The second-order valence-corrected chi connectivity index (χ2v) is 8.20. The largest absolute Gasteiger partial charge is 0.390 e. The summed E-state index contributed by atoms with van der Waals surface area (Å²) in [5, 5.41) is 21.9. The first-order chi connectivity index (χ1) is 8.88. The van der Waals surface area contributed by atoms with Gasteiger partial charge in [0.25, 0.3) is 0 Å². The van der Waals surface area contributed by atoms with E-state index in [-0.39, 0.29) is 5.41 Å². The average molecular weight is 266 g/mol. The summed E-state index contributed by atoms with van der Waals surface area (Å²) < 4.78 is 0. The Morgan fingerprint density at radius 1 is 1.11 bits per heavy atom. The highest BCUT2D eigenvalue weighted by atomic mass is 16.3. The van der Waals surface area contributed by atoms with Crippen molar-refractivity contribution in [3.8, 4) is 0 Å². The number of unbranched alkanes of at least 4 members (excludes halogenated alkanes) is 2. The highest BCUT2D eigenvalue weighted by Crippen LogP contribution is 2.65. The van der Waals surface area contributed by atoms with Gasteiger partial charge in [-0.05, 0) is 63.7 Å². The molecule has 4 aliphatic carbocycles. The average Bonchev–Trinajstić information content (AvgIpc) is 2.25. The molecule has 4 bridgehead atoms. The molecule has 0 amide bonds. The Morgan fingerprint density at radius 2 is 1.74 bits per heavy atom. The van der Waals surface area contributed by atoms with Crippen LogP contribution in [-0.4, -0.2) is 21.4 Å². The molecule has 0 aromatic rings. The van der Waals surface area contributed by atoms with Crippen molar-refractivity contribution < 1.29 is 10.2 Å². The van der Waals surface area contributed by atoms with Gasteiger partial charge in [-0.3, -0.25) is 0 Å². The fraction of sp³-hybridized carbons (Fsp3) is 1.00. The quantitative estimate of drug-likeness (QED) is 0.746. The molecule has 0 radical (unpaired) electrons. The smallest absolute Gasteiger partial charge is 0.0677 e. The Kier molecular flexibility index (Phi) is 3.26. The van der Waals surface area contributed by atoms with E-state index in [1.807, 2.05) is 0 Å². The Hall–Kier alpha value is -0.0800. The maximum absolute atomic E-state index is 11.1. The Labute approximate surface area is 117 Å². The first-order valence-electron chi connectivity index (χ1n) is 8.33. The lowest BCUT2D eigenvalue weighted by molar-refractivity contribution is -0.226. The van der Waals surface area contributed by atoms with Crippen LogP contribution in [0.4, 0.5) is 0 Å². The lowest BCUT2D eigenvalue weighted by atomic mass is 9.44. The van der Waals surface area contributed by atoms with Crippen molar-refractivity contribution in [1.29, 1.82) is 0 Å². The van der Waals surface area contributed by atoms with Crippen molar-refractivity contribution in [2.45, 2.75) is 89.3 Å². The molecule has 19 heavy (non-hydrogen) atoms. The van der Waals surface area contributed by atoms with Crippen LogP contribution in [0.3, 0.4) is 0 Å². The highest BCUT2D eigenvalue weighted by Gasteiger charge is 2.62. The molecule has 0 saturated heterocycles. The van der Waals surface area contributed by atoms with E-state index >= 15 is 0 Å². The summed E-state index contributed by atoms with van der Waals surface area (Å²) in [5.41, 5.74) is -1.01. The van der Waals surface area contributed by atoms with Crippen LogP contribution in [0.1, 0.15) is 78.1 Å². The standard InChI is InChI=1S/C17H30O2/c1-3-4-5-6-15(2,18)16-8-13-7-14(9-16)11-17(19,10-13)12-16/h13-14,18-19H,3-12H2,1-2H3. The SMILES string of the molecule is CCCCCC(C)(O)C12CC3CC(CC(O)(C3)C1)C2. The fourth-order valence-corrected chi connectivity index (χ4v) is 5.83. The number of hydrogen-bond donors (Lipinski definition) is 2. The molecule has 2 heteroatoms. The summed E-state index contributed by atoms with van der Waals surface area (Å²) in [7, 11) is 0. The third-order valence-corrected chi connectivity index (χ3v) is 6.44. The third kappa shape index (κ3) is 2.25. The van der Waals surface area contributed by atoms with Gasteiger partial charge in [0.1, 0.15) is 0 Å². The summed E-state index contributed by atoms with van der Waals surface area (Å²) in [6, 6.07) is 0. The number of aliphatic hydroxyl groups is 2. The second kappa shape index (κ2) is 4.46. The van der Waals surface area contributed by atoms with Crippen LogP contribution in [0.5, 0.6) is 0 Å². The maximum Gasteiger partial charge on any atom is 0.0677 e. The van der Waals surface area contributed by atoms with E-state index in [4.69, 9.17) is 0 Å². The van der Waals surface area contributed by atoms with Crippen LogP contribution in [0.2, 0.25) is 0 Å². The van der Waals surface area contributed by atoms with Crippen LogP contribution in [0, 0.1) is 17.3 Å². The van der Waals surface area contributed by atoms with E-state index in [1.165, 1.54) is 19.3 Å². The van der Waals surface area contributed by atoms with Gasteiger partial charge in [0, 0.05) is 5.41 Å². The Bertz CT molecular complexity index is 333. The minimum Gasteiger partial charge on any atom is -0.390 e. The van der Waals surface area contributed by atoms with Gasteiger partial charge in [0.05, 0.1) is 11.2 Å². The molecule has 4 saturated carbocycles. The van der Waals surface area contributed by atoms with Crippen LogP contribution in [0.15, 0.2) is 0 Å². The molecule has 2 nitrogen and oxygen atoms in total. The molecule has 4 fully saturated rings. The molecule has 0 heterocycles. The normalized spacial score (nSPS) is 47.4. The van der Waals surface area contributed by atoms with E-state index in [0.717, 1.165) is 44.9 Å². The van der Waals surface area contributed by atoms with Crippen molar-refractivity contribution >= 4 is 0 Å². The van der Waals surface area contributed by atoms with Gasteiger partial charge in [-0.2, -0.15) is 0 Å². The van der Waals surface area contributed by atoms with Crippen molar-refractivity contribution in [3.05, 3.63) is 0 Å². The molecule has 3 atom stereocenters. The minimum atomic E-state index is -0.575. The molecule has 0 aliphatic heterocycles. The van der Waals surface area contributed by atoms with Gasteiger partial charge >= 0.3 is 0 Å². The molecule has 3 unspecified atom stereocenters. The van der Waals surface area contributed by atoms with Gasteiger partial charge in [0.2, 0.25) is 0 Å². The molecule has 0 aromatic carbocycles. The van der Waals surface area contributed by atoms with Crippen molar-refractivity contribution in [1.82, 2.24) is 0 Å². The summed E-state index contributed by atoms with van der Waals surface area (Å²) in [6.07, 6.45) is 10.9. The second-order valence-electron chi connectivity index (χ2n) is 8.20. The lowest BCUT2D eigenvalue weighted by Gasteiger charge is -2.64. The zero-order valence-corrected chi connectivity index (χ0v) is 12.6. The van der Waals surface area contributed by atoms with E-state index in [0.29, 0.717) is 11.8 Å². The van der Waals surface area contributed by atoms with Gasteiger partial charge in [-0.25, -0.2) is 0 Å². The van der Waals surface area contributed by atoms with E-state index in [1.54, 1.807) is 0 Å².